The summed E-state index contributed by atoms with van der Waals surface area (Å²) in [6.07, 6.45) is 1.17. The highest BCUT2D eigenvalue weighted by atomic mass is 15.3. The molecule has 1 heterocycles. The normalized spacial score (nSPS) is 25.0. The Kier molecular flexibility index (Phi) is 4.79. The van der Waals surface area contributed by atoms with Crippen molar-refractivity contribution in [3.63, 3.8) is 0 Å². The first-order chi connectivity index (χ1) is 9.75. The Balaban J connectivity index is 2.29. The van der Waals surface area contributed by atoms with Gasteiger partial charge >= 0.3 is 0 Å². The molecule has 1 aliphatic heterocycles. The SMILES string of the molecule is CCC(C)(C)N1CC(C(C)(C)C)NCC1c1ccccc1. The van der Waals surface area contributed by atoms with Gasteiger partial charge in [-0.1, -0.05) is 58.0 Å². The van der Waals surface area contributed by atoms with E-state index in [0.717, 1.165) is 13.1 Å². The molecule has 2 nitrogen and oxygen atoms in total. The summed E-state index contributed by atoms with van der Waals surface area (Å²) in [5, 5.41) is 3.79. The summed E-state index contributed by atoms with van der Waals surface area (Å²) in [7, 11) is 0. The highest BCUT2D eigenvalue weighted by Crippen LogP contribution is 2.35. The Hall–Kier alpha value is -0.860. The van der Waals surface area contributed by atoms with Crippen LogP contribution < -0.4 is 5.32 Å². The van der Waals surface area contributed by atoms with Crippen LogP contribution in [0.25, 0.3) is 0 Å². The van der Waals surface area contributed by atoms with Gasteiger partial charge in [-0.2, -0.15) is 0 Å². The summed E-state index contributed by atoms with van der Waals surface area (Å²) >= 11 is 0. The largest absolute Gasteiger partial charge is 0.310 e. The van der Waals surface area contributed by atoms with Crippen LogP contribution in [0.3, 0.4) is 0 Å². The van der Waals surface area contributed by atoms with Crippen LogP contribution in [0, 0.1) is 5.41 Å². The lowest BCUT2D eigenvalue weighted by atomic mass is 9.82. The quantitative estimate of drug-likeness (QED) is 0.895. The van der Waals surface area contributed by atoms with Gasteiger partial charge in [0.15, 0.2) is 0 Å². The minimum atomic E-state index is 0.228. The van der Waals surface area contributed by atoms with Crippen LogP contribution in [-0.4, -0.2) is 29.6 Å². The molecule has 118 valence electrons. The van der Waals surface area contributed by atoms with Crippen LogP contribution in [0.2, 0.25) is 0 Å². The van der Waals surface area contributed by atoms with Crippen molar-refractivity contribution < 1.29 is 0 Å². The molecule has 0 bridgehead atoms. The molecule has 1 fully saturated rings. The van der Waals surface area contributed by atoms with Crippen molar-refractivity contribution in [3.8, 4) is 0 Å². The minimum absolute atomic E-state index is 0.228. The van der Waals surface area contributed by atoms with Gasteiger partial charge in [0.05, 0.1) is 0 Å². The predicted molar refractivity (Wildman–Crippen MR) is 91.5 cm³/mol. The van der Waals surface area contributed by atoms with Crippen molar-refractivity contribution in [3.05, 3.63) is 35.9 Å². The van der Waals surface area contributed by atoms with E-state index in [-0.39, 0.29) is 5.54 Å². The van der Waals surface area contributed by atoms with Crippen molar-refractivity contribution in [2.45, 2.75) is 65.6 Å². The maximum absolute atomic E-state index is 3.79. The van der Waals surface area contributed by atoms with E-state index in [2.05, 4.69) is 82.1 Å². The molecule has 2 atom stereocenters. The number of nitrogens with one attached hydrogen (secondary N) is 1. The third-order valence-corrected chi connectivity index (χ3v) is 5.19. The molecule has 0 saturated carbocycles. The topological polar surface area (TPSA) is 15.3 Å². The molecule has 1 N–H and O–H groups in total. The molecule has 0 amide bonds. The highest BCUT2D eigenvalue weighted by molar-refractivity contribution is 5.21. The van der Waals surface area contributed by atoms with E-state index >= 15 is 0 Å². The standard InChI is InChI=1S/C19H32N2/c1-7-19(5,6)21-14-17(18(2,3)4)20-13-16(21)15-11-9-8-10-12-15/h8-12,16-17,20H,7,13-14H2,1-6H3. The van der Waals surface area contributed by atoms with E-state index in [9.17, 15) is 0 Å². The molecule has 0 aromatic heterocycles. The molecule has 2 heteroatoms. The molecule has 2 rings (SSSR count). The zero-order chi connectivity index (χ0) is 15.7. The average Bonchev–Trinajstić information content (AvgIpc) is 2.46. The predicted octanol–water partition coefficient (Wildman–Crippen LogP) is 4.24. The van der Waals surface area contributed by atoms with Gasteiger partial charge in [0.25, 0.3) is 0 Å². The molecule has 0 radical (unpaired) electrons. The van der Waals surface area contributed by atoms with Crippen LogP contribution in [-0.2, 0) is 0 Å². The van der Waals surface area contributed by atoms with Gasteiger partial charge in [0.2, 0.25) is 0 Å². The van der Waals surface area contributed by atoms with E-state index in [0.29, 0.717) is 17.5 Å². The summed E-state index contributed by atoms with van der Waals surface area (Å²) in [6.45, 7) is 16.2. The molecule has 21 heavy (non-hydrogen) atoms. The maximum Gasteiger partial charge on any atom is 0.0478 e. The van der Waals surface area contributed by atoms with E-state index in [4.69, 9.17) is 0 Å². The van der Waals surface area contributed by atoms with Crippen LogP contribution in [0.5, 0.6) is 0 Å². The van der Waals surface area contributed by atoms with Gasteiger partial charge in [-0.3, -0.25) is 4.90 Å². The Morgan fingerprint density at radius 3 is 2.24 bits per heavy atom. The zero-order valence-electron chi connectivity index (χ0n) is 14.6. The Labute approximate surface area is 130 Å². The first-order valence-electron chi connectivity index (χ1n) is 8.31. The number of hydrogen-bond donors (Lipinski definition) is 1. The van der Waals surface area contributed by atoms with Gasteiger partial charge in [-0.15, -0.1) is 0 Å². The van der Waals surface area contributed by atoms with E-state index in [1.807, 2.05) is 0 Å². The third-order valence-electron chi connectivity index (χ3n) is 5.19. The summed E-state index contributed by atoms with van der Waals surface area (Å²) in [5.74, 6) is 0. The molecule has 1 aliphatic rings. The average molecular weight is 288 g/mol. The van der Waals surface area contributed by atoms with Gasteiger partial charge in [0, 0.05) is 30.7 Å². The van der Waals surface area contributed by atoms with E-state index < -0.39 is 0 Å². The zero-order valence-corrected chi connectivity index (χ0v) is 14.6. The number of piperazine rings is 1. The lowest BCUT2D eigenvalue weighted by molar-refractivity contribution is 0.00529. The second-order valence-corrected chi connectivity index (χ2v) is 8.07. The van der Waals surface area contributed by atoms with Gasteiger partial charge in [-0.05, 0) is 31.2 Å². The summed E-state index contributed by atoms with van der Waals surface area (Å²) in [6, 6.07) is 12.0. The van der Waals surface area contributed by atoms with Crippen molar-refractivity contribution in [2.75, 3.05) is 13.1 Å². The van der Waals surface area contributed by atoms with Gasteiger partial charge in [-0.25, -0.2) is 0 Å². The van der Waals surface area contributed by atoms with E-state index in [1.54, 1.807) is 0 Å². The van der Waals surface area contributed by atoms with Crippen LogP contribution in [0.15, 0.2) is 30.3 Å². The number of nitrogens with zero attached hydrogens (tertiary/aromatic N) is 1. The van der Waals surface area contributed by atoms with Crippen molar-refractivity contribution in [2.24, 2.45) is 5.41 Å². The van der Waals surface area contributed by atoms with Crippen LogP contribution >= 0.6 is 0 Å². The molecular formula is C19H32N2. The Morgan fingerprint density at radius 1 is 1.10 bits per heavy atom. The second-order valence-electron chi connectivity index (χ2n) is 8.07. The molecule has 2 unspecified atom stereocenters. The fourth-order valence-corrected chi connectivity index (χ4v) is 3.18. The number of hydrogen-bond acceptors (Lipinski definition) is 2. The summed E-state index contributed by atoms with van der Waals surface area (Å²) in [5.41, 5.74) is 1.95. The molecule has 1 aromatic rings. The Bertz CT molecular complexity index is 444. The van der Waals surface area contributed by atoms with Crippen molar-refractivity contribution in [1.82, 2.24) is 10.2 Å². The first-order valence-corrected chi connectivity index (χ1v) is 8.31. The van der Waals surface area contributed by atoms with Crippen LogP contribution in [0.1, 0.15) is 59.6 Å². The van der Waals surface area contributed by atoms with Crippen LogP contribution in [0.4, 0.5) is 0 Å². The number of rotatable bonds is 3. The lowest BCUT2D eigenvalue weighted by Crippen LogP contribution is -2.61. The monoisotopic (exact) mass is 288 g/mol. The molecule has 0 spiro atoms. The molecule has 1 aromatic carbocycles. The maximum atomic E-state index is 3.79. The number of benzene rings is 1. The van der Waals surface area contributed by atoms with Gasteiger partial charge in [0.1, 0.15) is 0 Å². The molecule has 1 saturated heterocycles. The van der Waals surface area contributed by atoms with Gasteiger partial charge < -0.3 is 5.32 Å². The lowest BCUT2D eigenvalue weighted by Gasteiger charge is -2.51. The van der Waals surface area contributed by atoms with Crippen molar-refractivity contribution in [1.29, 1.82) is 0 Å². The smallest absolute Gasteiger partial charge is 0.0478 e. The fraction of sp³-hybridized carbons (Fsp3) is 0.684. The minimum Gasteiger partial charge on any atom is -0.310 e. The first kappa shape index (κ1) is 16.5. The second kappa shape index (κ2) is 6.10. The van der Waals surface area contributed by atoms with Crippen molar-refractivity contribution >= 4 is 0 Å². The van der Waals surface area contributed by atoms with E-state index in [1.165, 1.54) is 12.0 Å². The molecular weight excluding hydrogens is 256 g/mol. The highest BCUT2D eigenvalue weighted by Gasteiger charge is 2.40. The third kappa shape index (κ3) is 3.67. The summed E-state index contributed by atoms with van der Waals surface area (Å²) in [4.78, 5) is 2.72. The summed E-state index contributed by atoms with van der Waals surface area (Å²) < 4.78 is 0. The fourth-order valence-electron chi connectivity index (χ4n) is 3.18. The Morgan fingerprint density at radius 2 is 1.71 bits per heavy atom. The molecule has 0 aliphatic carbocycles.